The minimum Gasteiger partial charge on any atom is -0.546 e. The Morgan fingerprint density at radius 2 is 1.81 bits per heavy atom. The van der Waals surface area contributed by atoms with Crippen molar-refractivity contribution < 1.29 is 28.4 Å². The Kier molecular flexibility index (Phi) is 6.62. The van der Waals surface area contributed by atoms with E-state index < -0.39 is 43.2 Å². The van der Waals surface area contributed by atoms with Crippen molar-refractivity contribution in [3.63, 3.8) is 0 Å². The van der Waals surface area contributed by atoms with Crippen molar-refractivity contribution in [2.75, 3.05) is 7.11 Å². The highest BCUT2D eigenvalue weighted by atomic mass is 28.4. The molecule has 0 unspecified atom stereocenters. The van der Waals surface area contributed by atoms with Gasteiger partial charge in [0.15, 0.2) is 6.10 Å². The van der Waals surface area contributed by atoms with Gasteiger partial charge < -0.3 is 13.9 Å². The summed E-state index contributed by atoms with van der Waals surface area (Å²) < 4.78 is 16.3. The van der Waals surface area contributed by atoms with Gasteiger partial charge >= 0.3 is 11.9 Å². The number of rotatable bonds is 5. The van der Waals surface area contributed by atoms with E-state index in [1.54, 1.807) is 6.92 Å². The van der Waals surface area contributed by atoms with E-state index in [1.807, 2.05) is 13.1 Å². The van der Waals surface area contributed by atoms with Gasteiger partial charge in [-0.25, -0.2) is 0 Å². The van der Waals surface area contributed by atoms with E-state index >= 15 is 0 Å². The third-order valence-electron chi connectivity index (χ3n) is 5.22. The monoisotopic (exact) mass is 387 g/mol. The molecule has 3 atom stereocenters. The molecule has 0 aromatic heterocycles. The zero-order valence-electron chi connectivity index (χ0n) is 16.7. The Hall–Kier alpha value is -1.90. The van der Waals surface area contributed by atoms with Crippen molar-refractivity contribution >= 4 is 20.3 Å². The van der Waals surface area contributed by atoms with E-state index in [4.69, 9.17) is 13.9 Å². The summed E-state index contributed by atoms with van der Waals surface area (Å²) in [5.74, 6) is -1.97. The number of carbonyl (C=O) groups is 2. The first-order valence-electron chi connectivity index (χ1n) is 8.50. The van der Waals surface area contributed by atoms with Crippen LogP contribution in [0.2, 0.25) is 18.1 Å². The lowest BCUT2D eigenvalue weighted by Gasteiger charge is -2.41. The van der Waals surface area contributed by atoms with Gasteiger partial charge in [0.2, 0.25) is 8.32 Å². The van der Waals surface area contributed by atoms with Crippen molar-refractivity contribution in [1.29, 1.82) is 0 Å². The summed E-state index contributed by atoms with van der Waals surface area (Å²) in [5.41, 5.74) is 0.479. The molecular formula is C17H29NO7Si. The van der Waals surface area contributed by atoms with Crippen LogP contribution in [0.3, 0.4) is 0 Å². The molecule has 0 radical (unpaired) electrons. The summed E-state index contributed by atoms with van der Waals surface area (Å²) in [5, 5.41) is 11.5. The normalized spacial score (nSPS) is 24.1. The number of hydrogen-bond acceptors (Lipinski definition) is 7. The first kappa shape index (κ1) is 22.1. The number of nitro groups is 1. The van der Waals surface area contributed by atoms with Crippen molar-refractivity contribution in [1.82, 2.24) is 0 Å². The summed E-state index contributed by atoms with van der Waals surface area (Å²) in [7, 11) is -1.07. The third-order valence-corrected chi connectivity index (χ3v) is 9.59. The van der Waals surface area contributed by atoms with Crippen molar-refractivity contribution in [3.05, 3.63) is 21.4 Å². The molecule has 0 bridgehead atoms. The van der Waals surface area contributed by atoms with Gasteiger partial charge in [-0.3, -0.25) is 19.7 Å². The summed E-state index contributed by atoms with van der Waals surface area (Å²) in [6.07, 6.45) is -1.12. The molecule has 148 valence electrons. The summed E-state index contributed by atoms with van der Waals surface area (Å²) in [6, 6.07) is -1.40. The largest absolute Gasteiger partial charge is 0.546 e. The molecule has 0 saturated heterocycles. The Bertz CT molecular complexity index is 621. The average molecular weight is 388 g/mol. The lowest BCUT2D eigenvalue weighted by Crippen LogP contribution is -2.51. The number of carbonyl (C=O) groups excluding carboxylic acids is 2. The SMILES string of the molecule is COC(=O)[C@H]1CC(O[Si](C)(C)C(C)(C)C)=C(C)[C@H](OC(C)=O)[C@@H]1[N+](=O)[O-]. The molecule has 26 heavy (non-hydrogen) atoms. The zero-order chi connectivity index (χ0) is 20.4. The summed E-state index contributed by atoms with van der Waals surface area (Å²) in [4.78, 5) is 34.7. The van der Waals surface area contributed by atoms with Gasteiger partial charge in [-0.1, -0.05) is 20.8 Å². The standard InChI is InChI=1S/C17H29NO7Si/c1-10-13(25-26(7,8)17(3,4)5)9-12(16(20)23-6)14(18(21)22)15(10)24-11(2)19/h12,14-15H,9H2,1-8H3/t12-,14+,15-/m0/s1. The van der Waals surface area contributed by atoms with Crippen LogP contribution in [0.15, 0.2) is 11.3 Å². The van der Waals surface area contributed by atoms with Crippen molar-refractivity contribution in [3.8, 4) is 0 Å². The van der Waals surface area contributed by atoms with Crippen LogP contribution in [0.25, 0.3) is 0 Å². The van der Waals surface area contributed by atoms with Crippen LogP contribution in [-0.4, -0.2) is 44.4 Å². The zero-order valence-corrected chi connectivity index (χ0v) is 17.7. The molecule has 0 aromatic rings. The average Bonchev–Trinajstić information content (AvgIpc) is 2.47. The minimum atomic E-state index is -2.25. The molecule has 0 aromatic carbocycles. The van der Waals surface area contributed by atoms with E-state index in [0.29, 0.717) is 11.3 Å². The maximum Gasteiger partial charge on any atom is 0.316 e. The smallest absolute Gasteiger partial charge is 0.316 e. The molecule has 0 N–H and O–H groups in total. The highest BCUT2D eigenvalue weighted by Gasteiger charge is 2.52. The van der Waals surface area contributed by atoms with Crippen molar-refractivity contribution in [2.45, 2.75) is 71.3 Å². The number of allylic oxidation sites excluding steroid dienone is 1. The molecule has 0 heterocycles. The first-order valence-corrected chi connectivity index (χ1v) is 11.4. The predicted octanol–water partition coefficient (Wildman–Crippen LogP) is 3.05. The van der Waals surface area contributed by atoms with Crippen LogP contribution in [0, 0.1) is 16.0 Å². The van der Waals surface area contributed by atoms with E-state index in [9.17, 15) is 19.7 Å². The van der Waals surface area contributed by atoms with Crippen LogP contribution in [0.5, 0.6) is 0 Å². The van der Waals surface area contributed by atoms with E-state index in [0.717, 1.165) is 0 Å². The van der Waals surface area contributed by atoms with Gasteiger partial charge in [-0.15, -0.1) is 0 Å². The van der Waals surface area contributed by atoms with Crippen molar-refractivity contribution in [2.24, 2.45) is 5.92 Å². The lowest BCUT2D eigenvalue weighted by atomic mass is 9.82. The second kappa shape index (κ2) is 7.77. The second-order valence-electron chi connectivity index (χ2n) is 8.11. The molecule has 0 spiro atoms. The third kappa shape index (κ3) is 4.63. The Balaban J connectivity index is 3.43. The highest BCUT2D eigenvalue weighted by Crippen LogP contribution is 2.42. The van der Waals surface area contributed by atoms with Gasteiger partial charge in [-0.2, -0.15) is 0 Å². The van der Waals surface area contributed by atoms with Crippen LogP contribution in [0.4, 0.5) is 0 Å². The molecule has 8 nitrogen and oxygen atoms in total. The molecule has 0 aliphatic heterocycles. The molecule has 0 amide bonds. The van der Waals surface area contributed by atoms with Crippen LogP contribution < -0.4 is 0 Å². The molecule has 1 aliphatic rings. The number of ether oxygens (including phenoxy) is 2. The first-order chi connectivity index (χ1) is 11.7. The van der Waals surface area contributed by atoms with Crippen LogP contribution in [0.1, 0.15) is 41.0 Å². The van der Waals surface area contributed by atoms with Gasteiger partial charge in [0.05, 0.1) is 12.9 Å². The number of hydrogen-bond donors (Lipinski definition) is 0. The molecular weight excluding hydrogens is 358 g/mol. The van der Waals surface area contributed by atoms with Gasteiger partial charge in [-0.05, 0) is 25.1 Å². The van der Waals surface area contributed by atoms with E-state index in [1.165, 1.54) is 14.0 Å². The summed E-state index contributed by atoms with van der Waals surface area (Å²) in [6.45, 7) is 13.1. The Labute approximate surface area is 155 Å². The maximum absolute atomic E-state index is 12.2. The molecule has 1 rings (SSSR count). The fourth-order valence-electron chi connectivity index (χ4n) is 2.66. The van der Waals surface area contributed by atoms with Crippen LogP contribution in [-0.2, 0) is 23.5 Å². The lowest BCUT2D eigenvalue weighted by molar-refractivity contribution is -0.540. The second-order valence-corrected chi connectivity index (χ2v) is 12.8. The Morgan fingerprint density at radius 1 is 1.27 bits per heavy atom. The minimum absolute atomic E-state index is 0.0500. The molecule has 9 heteroatoms. The number of esters is 2. The van der Waals surface area contributed by atoms with E-state index in [2.05, 4.69) is 20.8 Å². The van der Waals surface area contributed by atoms with E-state index in [-0.39, 0.29) is 11.5 Å². The molecule has 0 fully saturated rings. The number of methoxy groups -OCH3 is 1. The van der Waals surface area contributed by atoms with Gasteiger partial charge in [0.25, 0.3) is 6.04 Å². The topological polar surface area (TPSA) is 105 Å². The predicted molar refractivity (Wildman–Crippen MR) is 97.4 cm³/mol. The maximum atomic E-state index is 12.2. The molecule has 1 aliphatic carbocycles. The Morgan fingerprint density at radius 3 is 2.19 bits per heavy atom. The number of nitrogens with zero attached hydrogens (tertiary/aromatic N) is 1. The van der Waals surface area contributed by atoms with Gasteiger partial charge in [0, 0.05) is 23.8 Å². The summed E-state index contributed by atoms with van der Waals surface area (Å²) >= 11 is 0. The van der Waals surface area contributed by atoms with Gasteiger partial charge in [0.1, 0.15) is 5.92 Å². The fourth-order valence-corrected chi connectivity index (χ4v) is 3.83. The fraction of sp³-hybridized carbons (Fsp3) is 0.765. The highest BCUT2D eigenvalue weighted by molar-refractivity contribution is 6.74. The molecule has 0 saturated carbocycles. The quantitative estimate of drug-likeness (QED) is 0.309. The van der Waals surface area contributed by atoms with Crippen LogP contribution >= 0.6 is 0 Å².